The number of hydrogen-bond acceptors (Lipinski definition) is 13. The third-order valence-corrected chi connectivity index (χ3v) is 9.03. The van der Waals surface area contributed by atoms with E-state index in [1.165, 1.54) is 12.4 Å². The average Bonchev–Trinajstić information content (AvgIpc) is 3.87. The number of halogens is 12. The summed E-state index contributed by atoms with van der Waals surface area (Å²) in [4.78, 5) is 48.1. The predicted octanol–water partition coefficient (Wildman–Crippen LogP) is 5.32. The van der Waals surface area contributed by atoms with Crippen LogP contribution in [0, 0.1) is 11.3 Å². The van der Waals surface area contributed by atoms with E-state index >= 15 is 0 Å². The molecule has 358 valence electrons. The van der Waals surface area contributed by atoms with Gasteiger partial charge in [0.15, 0.2) is 0 Å². The van der Waals surface area contributed by atoms with Crippen LogP contribution in [0.3, 0.4) is 0 Å². The largest absolute Gasteiger partial charge is 0.490 e. The zero-order chi connectivity index (χ0) is 49.1. The number of likely N-dealkylation sites (tertiary alicyclic amines) is 1. The van der Waals surface area contributed by atoms with Gasteiger partial charge in [-0.3, -0.25) is 9.58 Å². The molecule has 1 aliphatic heterocycles. The molecule has 0 aromatic carbocycles. The lowest BCUT2D eigenvalue weighted by Crippen LogP contribution is -2.65. The standard InChI is InChI=1S/C29H33F3N10O2.3C2HF3O2/c1-18(43)11-34-13-20-10-24(40-27(39-20)29(30,31)32)44-22-4-2-21(3-5-22)41-15-28(16-41,7-8-33)42-14-19(12-38-42)25-23-6-9-35-26(23)37-17-36-25;3*3-2(4,5)1(6)7/h6,9-10,12,14,17-18,21-22,34,43H,2-5,7,11,13,15-16H2,1H3,(H,35,36,37);3*(H,6,7)/t18-,21-,22+;;;/m1.../s1. The van der Waals surface area contributed by atoms with E-state index in [9.17, 15) is 63.1 Å². The molecule has 18 nitrogen and oxygen atoms in total. The molecule has 65 heavy (non-hydrogen) atoms. The maximum absolute atomic E-state index is 13.5. The highest BCUT2D eigenvalue weighted by Crippen LogP contribution is 2.39. The molecule has 4 aromatic heterocycles. The number of nitrogens with one attached hydrogen (secondary N) is 2. The number of alkyl halides is 12. The quantitative estimate of drug-likeness (QED) is 0.110. The first-order valence-electron chi connectivity index (χ1n) is 18.3. The maximum Gasteiger partial charge on any atom is 0.490 e. The summed E-state index contributed by atoms with van der Waals surface area (Å²) < 4.78 is 143. The Morgan fingerprint density at radius 1 is 0.923 bits per heavy atom. The van der Waals surface area contributed by atoms with E-state index < -0.39 is 60.1 Å². The molecule has 4 aromatic rings. The molecule has 6 N–H and O–H groups in total. The summed E-state index contributed by atoms with van der Waals surface area (Å²) in [5.74, 6) is -9.62. The van der Waals surface area contributed by atoms with Gasteiger partial charge in [-0.25, -0.2) is 29.3 Å². The molecule has 2 aliphatic rings. The fourth-order valence-electron chi connectivity index (χ4n) is 6.12. The van der Waals surface area contributed by atoms with E-state index in [2.05, 4.69) is 46.3 Å². The molecule has 1 aliphatic carbocycles. The number of nitrogens with zero attached hydrogens (tertiary/aromatic N) is 8. The van der Waals surface area contributed by atoms with Crippen LogP contribution in [0.25, 0.3) is 22.3 Å². The van der Waals surface area contributed by atoms with Crippen LogP contribution in [0.5, 0.6) is 5.88 Å². The van der Waals surface area contributed by atoms with E-state index in [1.807, 2.05) is 23.1 Å². The number of carboxylic acids is 3. The minimum atomic E-state index is -5.08. The first-order chi connectivity index (χ1) is 30.0. The van der Waals surface area contributed by atoms with E-state index in [1.54, 1.807) is 13.1 Å². The molecule has 1 saturated heterocycles. The highest BCUT2D eigenvalue weighted by atomic mass is 19.4. The zero-order valence-electron chi connectivity index (χ0n) is 33.1. The Bertz CT molecular complexity index is 2200. The Balaban J connectivity index is 0.000000443. The van der Waals surface area contributed by atoms with Crippen molar-refractivity contribution >= 4 is 28.9 Å². The van der Waals surface area contributed by atoms with Gasteiger partial charge >= 0.3 is 42.6 Å². The van der Waals surface area contributed by atoms with Crippen LogP contribution in [-0.4, -0.2) is 134 Å². The molecule has 30 heteroatoms. The topological polar surface area (TPSA) is 266 Å². The van der Waals surface area contributed by atoms with Gasteiger partial charge in [-0.15, -0.1) is 0 Å². The fraction of sp³-hybridized carbons (Fsp3) is 0.514. The summed E-state index contributed by atoms with van der Waals surface area (Å²) in [5.41, 5.74) is 2.07. The number of nitriles is 1. The molecule has 0 spiro atoms. The Labute approximate surface area is 356 Å². The Hall–Kier alpha value is -6.35. The van der Waals surface area contributed by atoms with E-state index in [0.717, 1.165) is 35.1 Å². The SMILES string of the molecule is C[C@@H](O)CNCc1cc(O[C@H]2CC[C@@H](N3CC(CC#N)(n4cc(-c5ncnc6[nH]ccc56)cn4)C3)CC2)nc(C(F)(F)F)n1.O=C(O)C(F)(F)F.O=C(O)C(F)(F)F.O=C(O)C(F)(F)F. The lowest BCUT2D eigenvalue weighted by Gasteiger charge is -2.53. The van der Waals surface area contributed by atoms with Crippen LogP contribution in [-0.2, 0) is 32.6 Å². The van der Waals surface area contributed by atoms with Gasteiger partial charge in [0, 0.05) is 61.6 Å². The number of carboxylic acid groups (broad SMARTS) is 3. The van der Waals surface area contributed by atoms with Gasteiger partial charge in [0.2, 0.25) is 11.7 Å². The molecule has 0 radical (unpaired) electrons. The zero-order valence-corrected chi connectivity index (χ0v) is 33.1. The van der Waals surface area contributed by atoms with Crippen molar-refractivity contribution < 1.29 is 92.2 Å². The summed E-state index contributed by atoms with van der Waals surface area (Å²) in [6, 6.07) is 5.95. The number of aliphatic hydroxyl groups is 1. The lowest BCUT2D eigenvalue weighted by atomic mass is 9.82. The van der Waals surface area contributed by atoms with Gasteiger partial charge < -0.3 is 35.5 Å². The number of aliphatic hydroxyl groups excluding tert-OH is 1. The number of rotatable bonds is 10. The fourth-order valence-corrected chi connectivity index (χ4v) is 6.12. The molecule has 0 bridgehead atoms. The second-order valence-electron chi connectivity index (χ2n) is 14.1. The van der Waals surface area contributed by atoms with Crippen LogP contribution < -0.4 is 10.1 Å². The normalized spacial score (nSPS) is 17.9. The van der Waals surface area contributed by atoms with Crippen LogP contribution in [0.4, 0.5) is 52.7 Å². The molecule has 1 saturated carbocycles. The van der Waals surface area contributed by atoms with Crippen LogP contribution in [0.15, 0.2) is 37.1 Å². The molecule has 2 fully saturated rings. The monoisotopic (exact) mass is 952 g/mol. The van der Waals surface area contributed by atoms with Crippen molar-refractivity contribution in [2.45, 2.75) is 94.1 Å². The van der Waals surface area contributed by atoms with Gasteiger partial charge in [-0.05, 0) is 38.7 Å². The summed E-state index contributed by atoms with van der Waals surface area (Å²) in [6.45, 7) is 3.19. The summed E-state index contributed by atoms with van der Waals surface area (Å²) in [5, 5.41) is 48.9. The summed E-state index contributed by atoms with van der Waals surface area (Å²) in [6.07, 6.45) is -10.6. The third-order valence-electron chi connectivity index (χ3n) is 9.03. The minimum Gasteiger partial charge on any atom is -0.475 e. The van der Waals surface area contributed by atoms with Gasteiger partial charge in [0.1, 0.15) is 23.6 Å². The first-order valence-corrected chi connectivity index (χ1v) is 18.3. The molecular formula is C35H36F12N10O8. The lowest BCUT2D eigenvalue weighted by molar-refractivity contribution is -0.193. The third kappa shape index (κ3) is 15.7. The Morgan fingerprint density at radius 3 is 1.97 bits per heavy atom. The van der Waals surface area contributed by atoms with Crippen molar-refractivity contribution in [3.63, 3.8) is 0 Å². The molecule has 6 rings (SSSR count). The van der Waals surface area contributed by atoms with Gasteiger partial charge in [0.05, 0.1) is 36.2 Å². The minimum absolute atomic E-state index is 0.0479. The van der Waals surface area contributed by atoms with Crippen molar-refractivity contribution in [1.82, 2.24) is 44.9 Å². The van der Waals surface area contributed by atoms with Gasteiger partial charge in [0.25, 0.3) is 0 Å². The van der Waals surface area contributed by atoms with Crippen LogP contribution >= 0.6 is 0 Å². The van der Waals surface area contributed by atoms with E-state index in [0.29, 0.717) is 32.4 Å². The smallest absolute Gasteiger partial charge is 0.475 e. The van der Waals surface area contributed by atoms with Crippen molar-refractivity contribution in [3.05, 3.63) is 48.6 Å². The average molecular weight is 953 g/mol. The van der Waals surface area contributed by atoms with Crippen molar-refractivity contribution in [3.8, 4) is 23.2 Å². The maximum atomic E-state index is 13.5. The number of ether oxygens (including phenoxy) is 1. The first kappa shape index (κ1) is 53.0. The summed E-state index contributed by atoms with van der Waals surface area (Å²) in [7, 11) is 0. The highest BCUT2D eigenvalue weighted by Gasteiger charge is 2.48. The summed E-state index contributed by atoms with van der Waals surface area (Å²) >= 11 is 0. The number of hydrogen-bond donors (Lipinski definition) is 6. The second kappa shape index (κ2) is 21.6. The van der Waals surface area contributed by atoms with Crippen LogP contribution in [0.2, 0.25) is 0 Å². The van der Waals surface area contributed by atoms with Crippen molar-refractivity contribution in [2.24, 2.45) is 0 Å². The van der Waals surface area contributed by atoms with Crippen molar-refractivity contribution in [2.75, 3.05) is 19.6 Å². The molecule has 0 unspecified atom stereocenters. The van der Waals surface area contributed by atoms with Gasteiger partial charge in [-0.2, -0.15) is 68.0 Å². The van der Waals surface area contributed by atoms with Crippen LogP contribution in [0.1, 0.15) is 50.5 Å². The molecule has 5 heterocycles. The van der Waals surface area contributed by atoms with Gasteiger partial charge in [-0.1, -0.05) is 0 Å². The predicted molar refractivity (Wildman–Crippen MR) is 193 cm³/mol. The Kier molecular flexibility index (Phi) is 17.6. The number of aliphatic carboxylic acids is 3. The number of aromatic nitrogens is 7. The molecule has 1 atom stereocenters. The second-order valence-corrected chi connectivity index (χ2v) is 14.1. The number of carbonyl (C=O) groups is 3. The van der Waals surface area contributed by atoms with Crippen molar-refractivity contribution in [1.29, 1.82) is 5.26 Å². The van der Waals surface area contributed by atoms with E-state index in [-0.39, 0.29) is 36.8 Å². The number of aromatic amines is 1. The number of fused-ring (bicyclic) bond motifs is 1. The van der Waals surface area contributed by atoms with E-state index in [4.69, 9.17) is 34.4 Å². The molecular weight excluding hydrogens is 916 g/mol. The number of H-pyrrole nitrogens is 1. The Morgan fingerprint density at radius 2 is 1.48 bits per heavy atom. The molecule has 0 amide bonds. The highest BCUT2D eigenvalue weighted by molar-refractivity contribution is 5.90.